The van der Waals surface area contributed by atoms with Crippen LogP contribution in [0.3, 0.4) is 0 Å². The van der Waals surface area contributed by atoms with Gasteiger partial charge in [0.1, 0.15) is 0 Å². The van der Waals surface area contributed by atoms with Gasteiger partial charge in [-0.05, 0) is 0 Å². The summed E-state index contributed by atoms with van der Waals surface area (Å²) in [4.78, 5) is 21.6. The van der Waals surface area contributed by atoms with Crippen LogP contribution in [0.1, 0.15) is 0 Å². The van der Waals surface area contributed by atoms with Crippen molar-refractivity contribution in [3.63, 3.8) is 0 Å². The van der Waals surface area contributed by atoms with E-state index in [4.69, 9.17) is 19.2 Å². The molecule has 0 aromatic heterocycles. The summed E-state index contributed by atoms with van der Waals surface area (Å²) in [5.41, 5.74) is 0. The van der Waals surface area contributed by atoms with E-state index in [2.05, 4.69) is 0 Å². The van der Waals surface area contributed by atoms with E-state index in [9.17, 15) is 0 Å². The zero-order valence-electron chi connectivity index (χ0n) is 2.20. The molecule has 0 fully saturated rings. The third kappa shape index (κ3) is 99.9. The monoisotopic (exact) mass is 184 g/mol. The van der Waals surface area contributed by atoms with Gasteiger partial charge in [0.15, 0.2) is 17.4 Å². The van der Waals surface area contributed by atoms with Crippen molar-refractivity contribution in [3.05, 3.63) is 0 Å². The second-order valence-electron chi connectivity index (χ2n) is 0.513. The van der Waals surface area contributed by atoms with Crippen LogP contribution in [0.2, 0.25) is 0 Å². The molecule has 0 aliphatic heterocycles. The molecule has 0 rings (SSSR count). The van der Waals surface area contributed by atoms with Crippen LogP contribution in [-0.4, -0.2) is 78.2 Å². The van der Waals surface area contributed by atoms with E-state index in [1.807, 2.05) is 0 Å². The molecule has 0 heterocycles. The van der Waals surface area contributed by atoms with E-state index < -0.39 is 7.82 Å². The Morgan fingerprint density at radius 3 is 1.12 bits per heavy atom. The standard InChI is InChI=1S/Al.BH3.Ca.H3O4P.5H/c;;;1-5(2,3)4;;;;;/h;1H3;;(H3,1,2,3,4);;;;;. The van der Waals surface area contributed by atoms with E-state index in [-0.39, 0.29) is 63.5 Å². The average Bonchev–Trinajstić information content (AvgIpc) is 0.722. The molecule has 48 valence electrons. The molecule has 0 saturated carbocycles. The molecule has 0 unspecified atom stereocenters. The summed E-state index contributed by atoms with van der Waals surface area (Å²) in [5.74, 6) is 0. The van der Waals surface area contributed by atoms with Gasteiger partial charge in [-0.15, -0.1) is 0 Å². The van der Waals surface area contributed by atoms with Crippen molar-refractivity contribution in [2.45, 2.75) is 0 Å². The summed E-state index contributed by atoms with van der Waals surface area (Å²) in [7, 11) is -4.64. The number of hydrogen-bond donors (Lipinski definition) is 3. The average molecular weight is 184 g/mol. The Hall–Kier alpha value is 1.97. The quantitative estimate of drug-likeness (QED) is 0.263. The molecule has 0 spiro atoms. The molecular formula is H11AlBCaO4P. The van der Waals surface area contributed by atoms with Crippen molar-refractivity contribution in [2.24, 2.45) is 0 Å². The molecule has 0 atom stereocenters. The molecule has 8 heteroatoms. The predicted octanol–water partition coefficient (Wildman–Crippen LogP) is -4.21. The minimum atomic E-state index is -4.64. The van der Waals surface area contributed by atoms with Crippen molar-refractivity contribution in [1.29, 1.82) is 0 Å². The Kier molecular flexibility index (Phi) is 25.2. The van der Waals surface area contributed by atoms with Crippen LogP contribution < -0.4 is 0 Å². The van der Waals surface area contributed by atoms with Gasteiger partial charge in [0.2, 0.25) is 0 Å². The van der Waals surface area contributed by atoms with Crippen molar-refractivity contribution >= 4 is 71.3 Å². The first-order chi connectivity index (χ1) is 2.00. The van der Waals surface area contributed by atoms with Crippen molar-refractivity contribution in [2.75, 3.05) is 0 Å². The van der Waals surface area contributed by atoms with Crippen molar-refractivity contribution in [1.82, 2.24) is 0 Å². The van der Waals surface area contributed by atoms with Gasteiger partial charge in [0, 0.05) is 0 Å². The fourth-order valence-corrected chi connectivity index (χ4v) is 0. The van der Waals surface area contributed by atoms with Crippen LogP contribution in [0, 0.1) is 0 Å². The molecular weight excluding hydrogens is 173 g/mol. The maximum atomic E-state index is 8.88. The zero-order valence-corrected chi connectivity index (χ0v) is 3.09. The van der Waals surface area contributed by atoms with Gasteiger partial charge in [-0.25, -0.2) is 4.57 Å². The molecule has 0 aliphatic rings. The van der Waals surface area contributed by atoms with Gasteiger partial charge in [-0.2, -0.15) is 0 Å². The SMILES string of the molecule is B.O=P(O)(O)O.[AlH3].[CaH2]. The summed E-state index contributed by atoms with van der Waals surface area (Å²) >= 11 is 0. The van der Waals surface area contributed by atoms with Crippen molar-refractivity contribution in [3.8, 4) is 0 Å². The van der Waals surface area contributed by atoms with Gasteiger partial charge >= 0.3 is 45.6 Å². The molecule has 3 N–H and O–H groups in total. The van der Waals surface area contributed by atoms with E-state index in [0.29, 0.717) is 0 Å². The van der Waals surface area contributed by atoms with E-state index in [0.717, 1.165) is 0 Å². The molecule has 0 aliphatic carbocycles. The summed E-state index contributed by atoms with van der Waals surface area (Å²) in [5, 5.41) is 0. The Labute approximate surface area is 89.6 Å². The zero-order chi connectivity index (χ0) is 4.50. The maximum absolute atomic E-state index is 8.88. The first kappa shape index (κ1) is 22.5. The molecule has 0 saturated heterocycles. The molecule has 4 nitrogen and oxygen atoms in total. The Morgan fingerprint density at radius 2 is 1.12 bits per heavy atom. The number of rotatable bonds is 0. The molecule has 0 amide bonds. The molecule has 0 aromatic carbocycles. The first-order valence-electron chi connectivity index (χ1n) is 0.783. The normalized spacial score (nSPS) is 7.38. The van der Waals surface area contributed by atoms with Crippen LogP contribution >= 0.6 is 7.82 Å². The summed E-state index contributed by atoms with van der Waals surface area (Å²) in [6, 6.07) is 0. The van der Waals surface area contributed by atoms with Gasteiger partial charge in [0.05, 0.1) is 8.41 Å². The molecule has 8 heavy (non-hydrogen) atoms. The van der Waals surface area contributed by atoms with Gasteiger partial charge < -0.3 is 14.7 Å². The van der Waals surface area contributed by atoms with Gasteiger partial charge in [-0.1, -0.05) is 0 Å². The van der Waals surface area contributed by atoms with E-state index in [1.54, 1.807) is 0 Å². The van der Waals surface area contributed by atoms with Crippen molar-refractivity contribution < 1.29 is 19.2 Å². The Bertz CT molecular complexity index is 62.2. The Balaban J connectivity index is -0.0000000267. The Morgan fingerprint density at radius 1 is 1.12 bits per heavy atom. The van der Waals surface area contributed by atoms with Crippen LogP contribution in [-0.2, 0) is 4.57 Å². The summed E-state index contributed by atoms with van der Waals surface area (Å²) in [6.07, 6.45) is 0. The third-order valence-electron chi connectivity index (χ3n) is 0. The molecule has 0 aromatic rings. The van der Waals surface area contributed by atoms with E-state index >= 15 is 0 Å². The van der Waals surface area contributed by atoms with Crippen LogP contribution in [0.4, 0.5) is 0 Å². The van der Waals surface area contributed by atoms with E-state index in [1.165, 1.54) is 0 Å². The molecule has 0 bridgehead atoms. The minimum absolute atomic E-state index is 0. The number of hydrogen-bond acceptors (Lipinski definition) is 1. The third-order valence-corrected chi connectivity index (χ3v) is 0. The van der Waals surface area contributed by atoms with Gasteiger partial charge in [-0.3, -0.25) is 0 Å². The number of phosphoric acid groups is 1. The topological polar surface area (TPSA) is 77.8 Å². The fraction of sp³-hybridized carbons (Fsp3) is 0. The van der Waals surface area contributed by atoms with Crippen LogP contribution in [0.25, 0.3) is 0 Å². The molecule has 0 radical (unpaired) electrons. The second-order valence-corrected chi connectivity index (χ2v) is 1.54. The summed E-state index contributed by atoms with van der Waals surface area (Å²) in [6.45, 7) is 0. The van der Waals surface area contributed by atoms with Gasteiger partial charge in [0.25, 0.3) is 0 Å². The van der Waals surface area contributed by atoms with Crippen LogP contribution in [0.15, 0.2) is 0 Å². The second kappa shape index (κ2) is 8.97. The summed E-state index contributed by atoms with van der Waals surface area (Å²) < 4.78 is 8.88. The van der Waals surface area contributed by atoms with Crippen LogP contribution in [0.5, 0.6) is 0 Å². The fourth-order valence-electron chi connectivity index (χ4n) is 0. The predicted molar refractivity (Wildman–Crippen MR) is 42.7 cm³/mol. The first-order valence-corrected chi connectivity index (χ1v) is 2.35.